The summed E-state index contributed by atoms with van der Waals surface area (Å²) in [5.41, 5.74) is 1.14. The largest absolute Gasteiger partial charge is 0.352 e. The van der Waals surface area contributed by atoms with Crippen LogP contribution in [0.2, 0.25) is 0 Å². The highest BCUT2D eigenvalue weighted by molar-refractivity contribution is 7.18. The van der Waals surface area contributed by atoms with E-state index in [2.05, 4.69) is 10.3 Å². The van der Waals surface area contributed by atoms with E-state index in [1.54, 1.807) is 15.9 Å². The van der Waals surface area contributed by atoms with Crippen molar-refractivity contribution in [3.63, 3.8) is 0 Å². The summed E-state index contributed by atoms with van der Waals surface area (Å²) < 4.78 is 1.55. The summed E-state index contributed by atoms with van der Waals surface area (Å²) in [5, 5.41) is 3.82. The summed E-state index contributed by atoms with van der Waals surface area (Å²) in [6.07, 6.45) is 8.80. The van der Waals surface area contributed by atoms with E-state index in [9.17, 15) is 9.59 Å². The number of fused-ring (bicyclic) bond motifs is 3. The van der Waals surface area contributed by atoms with E-state index in [-0.39, 0.29) is 24.1 Å². The molecule has 0 radical (unpaired) electrons. The molecule has 2 heterocycles. The molecule has 128 valence electrons. The highest BCUT2D eigenvalue weighted by Gasteiger charge is 2.23. The average molecular weight is 345 g/mol. The molecule has 24 heavy (non-hydrogen) atoms. The third kappa shape index (κ3) is 2.77. The molecule has 0 aromatic carbocycles. The Balaban J connectivity index is 1.67. The number of hydrogen-bond donors (Lipinski definition) is 1. The van der Waals surface area contributed by atoms with Gasteiger partial charge in [0.1, 0.15) is 17.2 Å². The molecule has 1 amide bonds. The second-order valence-electron chi connectivity index (χ2n) is 6.99. The molecule has 6 heteroatoms. The Hall–Kier alpha value is -1.69. The zero-order chi connectivity index (χ0) is 16.7. The van der Waals surface area contributed by atoms with Crippen molar-refractivity contribution < 1.29 is 4.79 Å². The quantitative estimate of drug-likeness (QED) is 0.930. The van der Waals surface area contributed by atoms with Gasteiger partial charge in [-0.25, -0.2) is 4.98 Å². The Morgan fingerprint density at radius 1 is 1.25 bits per heavy atom. The maximum atomic E-state index is 13.0. The van der Waals surface area contributed by atoms with Crippen LogP contribution in [0.5, 0.6) is 0 Å². The summed E-state index contributed by atoms with van der Waals surface area (Å²) in [6, 6.07) is 0.277. The Morgan fingerprint density at radius 3 is 2.79 bits per heavy atom. The average Bonchev–Trinajstić information content (AvgIpc) is 3.18. The van der Waals surface area contributed by atoms with Crippen LogP contribution in [0.3, 0.4) is 0 Å². The van der Waals surface area contributed by atoms with Gasteiger partial charge in [-0.1, -0.05) is 12.8 Å². The van der Waals surface area contributed by atoms with Gasteiger partial charge in [0.15, 0.2) is 0 Å². The Bertz CT molecular complexity index is 846. The lowest BCUT2D eigenvalue weighted by Gasteiger charge is -2.14. The Kier molecular flexibility index (Phi) is 4.16. The maximum absolute atomic E-state index is 13.0. The minimum absolute atomic E-state index is 0.0431. The molecule has 1 saturated carbocycles. The number of thiophene rings is 1. The molecule has 5 nitrogen and oxygen atoms in total. The predicted octanol–water partition coefficient (Wildman–Crippen LogP) is 2.70. The molecule has 1 N–H and O–H groups in total. The van der Waals surface area contributed by atoms with Crippen LogP contribution in [0, 0.1) is 6.92 Å². The molecule has 0 aliphatic heterocycles. The lowest BCUT2D eigenvalue weighted by molar-refractivity contribution is -0.122. The second-order valence-corrected chi connectivity index (χ2v) is 8.07. The van der Waals surface area contributed by atoms with E-state index in [1.807, 2.05) is 6.92 Å². The fourth-order valence-corrected chi connectivity index (χ4v) is 5.31. The van der Waals surface area contributed by atoms with Gasteiger partial charge in [0.2, 0.25) is 5.91 Å². The number of aryl methyl sites for hydroxylation is 3. The summed E-state index contributed by atoms with van der Waals surface area (Å²) in [4.78, 5) is 32.1. The maximum Gasteiger partial charge on any atom is 0.263 e. The minimum Gasteiger partial charge on any atom is -0.352 e. The van der Waals surface area contributed by atoms with Crippen LogP contribution < -0.4 is 10.9 Å². The summed E-state index contributed by atoms with van der Waals surface area (Å²) in [5.74, 6) is 0.560. The van der Waals surface area contributed by atoms with Crippen LogP contribution in [0.25, 0.3) is 10.2 Å². The standard InChI is InChI=1S/C18H23N3O2S/c1-11-19-17-16(13-8-4-5-9-14(13)24-17)18(23)21(11)10-15(22)20-12-6-2-3-7-12/h12H,2-10H2,1H3,(H,20,22). The topological polar surface area (TPSA) is 64.0 Å². The molecule has 0 bridgehead atoms. The van der Waals surface area contributed by atoms with Gasteiger partial charge < -0.3 is 5.32 Å². The van der Waals surface area contributed by atoms with E-state index in [0.717, 1.165) is 42.3 Å². The monoisotopic (exact) mass is 345 g/mol. The van der Waals surface area contributed by atoms with Crippen molar-refractivity contribution in [2.75, 3.05) is 0 Å². The van der Waals surface area contributed by atoms with Crippen LogP contribution >= 0.6 is 11.3 Å². The van der Waals surface area contributed by atoms with Crippen LogP contribution in [-0.2, 0) is 24.2 Å². The highest BCUT2D eigenvalue weighted by atomic mass is 32.1. The molecule has 0 unspecified atom stereocenters. The van der Waals surface area contributed by atoms with Crippen molar-refractivity contribution in [1.29, 1.82) is 0 Å². The van der Waals surface area contributed by atoms with Crippen molar-refractivity contribution in [3.8, 4) is 0 Å². The minimum atomic E-state index is -0.0719. The highest BCUT2D eigenvalue weighted by Crippen LogP contribution is 2.33. The van der Waals surface area contributed by atoms with Gasteiger partial charge in [-0.05, 0) is 51.0 Å². The SMILES string of the molecule is Cc1nc2sc3c(c2c(=O)n1CC(=O)NC1CCCC1)CCCC3. The number of rotatable bonds is 3. The van der Waals surface area contributed by atoms with Crippen LogP contribution in [-0.4, -0.2) is 21.5 Å². The number of nitrogens with zero attached hydrogens (tertiary/aromatic N) is 2. The number of nitrogens with one attached hydrogen (secondary N) is 1. The molecule has 4 rings (SSSR count). The molecule has 0 saturated heterocycles. The van der Waals surface area contributed by atoms with Gasteiger partial charge in [-0.2, -0.15) is 0 Å². The van der Waals surface area contributed by atoms with Crippen molar-refractivity contribution in [1.82, 2.24) is 14.9 Å². The second kappa shape index (κ2) is 6.31. The van der Waals surface area contributed by atoms with Gasteiger partial charge in [0.25, 0.3) is 5.56 Å². The smallest absolute Gasteiger partial charge is 0.263 e. The third-order valence-electron chi connectivity index (χ3n) is 5.29. The molecule has 2 aromatic rings. The van der Waals surface area contributed by atoms with Gasteiger partial charge in [0.05, 0.1) is 5.39 Å². The molecule has 1 fully saturated rings. The van der Waals surface area contributed by atoms with Crippen LogP contribution in [0.1, 0.15) is 54.8 Å². The molecular weight excluding hydrogens is 322 g/mol. The van der Waals surface area contributed by atoms with Gasteiger partial charge in [-0.15, -0.1) is 11.3 Å². The zero-order valence-electron chi connectivity index (χ0n) is 14.1. The summed E-state index contributed by atoms with van der Waals surface area (Å²) in [7, 11) is 0. The lowest BCUT2D eigenvalue weighted by atomic mass is 9.97. The van der Waals surface area contributed by atoms with E-state index < -0.39 is 0 Å². The molecular formula is C18H23N3O2S. The lowest BCUT2D eigenvalue weighted by Crippen LogP contribution is -2.38. The van der Waals surface area contributed by atoms with Gasteiger partial charge in [0, 0.05) is 10.9 Å². The first kappa shape index (κ1) is 15.8. The first-order valence-corrected chi connectivity index (χ1v) is 9.76. The number of amides is 1. The molecule has 0 atom stereocenters. The van der Waals surface area contributed by atoms with Gasteiger partial charge in [-0.3, -0.25) is 14.2 Å². The number of carbonyl (C=O) groups excluding carboxylic acids is 1. The Labute approximate surface area is 145 Å². The first-order chi connectivity index (χ1) is 11.6. The van der Waals surface area contributed by atoms with E-state index in [1.165, 1.54) is 29.7 Å². The van der Waals surface area contributed by atoms with E-state index >= 15 is 0 Å². The molecule has 2 aliphatic rings. The van der Waals surface area contributed by atoms with Crippen LogP contribution in [0.15, 0.2) is 4.79 Å². The number of carbonyl (C=O) groups is 1. The van der Waals surface area contributed by atoms with E-state index in [0.29, 0.717) is 5.82 Å². The summed E-state index contributed by atoms with van der Waals surface area (Å²) in [6.45, 7) is 1.90. The molecule has 2 aliphatic carbocycles. The normalized spacial score (nSPS) is 18.0. The third-order valence-corrected chi connectivity index (χ3v) is 6.47. The predicted molar refractivity (Wildman–Crippen MR) is 95.7 cm³/mol. The number of aromatic nitrogens is 2. The van der Waals surface area contributed by atoms with Crippen molar-refractivity contribution in [2.45, 2.75) is 70.9 Å². The van der Waals surface area contributed by atoms with E-state index in [4.69, 9.17) is 0 Å². The van der Waals surface area contributed by atoms with Crippen molar-refractivity contribution in [2.24, 2.45) is 0 Å². The summed E-state index contributed by atoms with van der Waals surface area (Å²) >= 11 is 1.66. The van der Waals surface area contributed by atoms with Crippen molar-refractivity contribution in [3.05, 3.63) is 26.6 Å². The van der Waals surface area contributed by atoms with Crippen molar-refractivity contribution >= 4 is 27.5 Å². The number of hydrogen-bond acceptors (Lipinski definition) is 4. The first-order valence-electron chi connectivity index (χ1n) is 8.94. The van der Waals surface area contributed by atoms with Gasteiger partial charge >= 0.3 is 0 Å². The zero-order valence-corrected chi connectivity index (χ0v) is 14.9. The fraction of sp³-hybridized carbons (Fsp3) is 0.611. The Morgan fingerprint density at radius 2 is 2.00 bits per heavy atom. The fourth-order valence-electron chi connectivity index (χ4n) is 4.01. The van der Waals surface area contributed by atoms with Crippen LogP contribution in [0.4, 0.5) is 0 Å². The molecule has 2 aromatic heterocycles. The molecule has 0 spiro atoms.